The largest absolute Gasteiger partial charge is 0.508 e. The smallest absolute Gasteiger partial charge is 0.259 e. The van der Waals surface area contributed by atoms with Gasteiger partial charge in [-0.05, 0) is 23.9 Å². The Bertz CT molecular complexity index is 704. The standard InChI is InChI=1S/C14H11NO3/c1-2-8-10(16)6-7-4-3-5-9-11(7)12(8)14(18)15-13(9)17/h3-6,16H,2H2,1H3,(H,15,17,18). The summed E-state index contributed by atoms with van der Waals surface area (Å²) in [6.07, 6.45) is 0.535. The van der Waals surface area contributed by atoms with Gasteiger partial charge in [-0.15, -0.1) is 0 Å². The molecule has 0 bridgehead atoms. The third kappa shape index (κ3) is 1.26. The lowest BCUT2D eigenvalue weighted by molar-refractivity contribution is 0.0844. The van der Waals surface area contributed by atoms with Crippen molar-refractivity contribution in [1.29, 1.82) is 0 Å². The summed E-state index contributed by atoms with van der Waals surface area (Å²) in [7, 11) is 0. The van der Waals surface area contributed by atoms with Crippen LogP contribution in [0, 0.1) is 0 Å². The van der Waals surface area contributed by atoms with Gasteiger partial charge in [-0.1, -0.05) is 19.1 Å². The molecule has 90 valence electrons. The zero-order valence-electron chi connectivity index (χ0n) is 9.78. The molecule has 0 spiro atoms. The van der Waals surface area contributed by atoms with E-state index in [4.69, 9.17) is 0 Å². The van der Waals surface area contributed by atoms with E-state index in [-0.39, 0.29) is 11.7 Å². The first kappa shape index (κ1) is 10.8. The second-order valence-corrected chi connectivity index (χ2v) is 4.29. The summed E-state index contributed by atoms with van der Waals surface area (Å²) in [6.45, 7) is 1.86. The second-order valence-electron chi connectivity index (χ2n) is 4.29. The van der Waals surface area contributed by atoms with Crippen LogP contribution in [-0.2, 0) is 6.42 Å². The molecule has 2 N–H and O–H groups in total. The van der Waals surface area contributed by atoms with Crippen molar-refractivity contribution in [3.05, 3.63) is 41.0 Å². The van der Waals surface area contributed by atoms with E-state index in [0.717, 1.165) is 0 Å². The number of phenolic OH excluding ortho intramolecular Hbond substituents is 1. The number of imide groups is 1. The minimum atomic E-state index is -0.434. The molecule has 0 aliphatic carbocycles. The fraction of sp³-hybridized carbons (Fsp3) is 0.143. The number of carbonyl (C=O) groups is 2. The van der Waals surface area contributed by atoms with Crippen LogP contribution in [0.2, 0.25) is 0 Å². The second kappa shape index (κ2) is 3.57. The minimum absolute atomic E-state index is 0.0987. The molecule has 0 aromatic heterocycles. The highest BCUT2D eigenvalue weighted by Gasteiger charge is 2.28. The number of carbonyl (C=O) groups excluding carboxylic acids is 2. The highest BCUT2D eigenvalue weighted by Crippen LogP contribution is 2.34. The van der Waals surface area contributed by atoms with Crippen LogP contribution in [0.25, 0.3) is 10.8 Å². The first-order valence-electron chi connectivity index (χ1n) is 5.76. The molecule has 0 saturated carbocycles. The van der Waals surface area contributed by atoms with E-state index in [1.165, 1.54) is 0 Å². The summed E-state index contributed by atoms with van der Waals surface area (Å²) in [5.74, 6) is -0.719. The number of aromatic hydroxyl groups is 1. The zero-order chi connectivity index (χ0) is 12.9. The molecule has 0 saturated heterocycles. The molecule has 2 amide bonds. The Morgan fingerprint density at radius 1 is 1.22 bits per heavy atom. The Balaban J connectivity index is 2.56. The van der Waals surface area contributed by atoms with E-state index in [0.29, 0.717) is 33.9 Å². The van der Waals surface area contributed by atoms with Crippen LogP contribution < -0.4 is 5.32 Å². The maximum absolute atomic E-state index is 12.0. The van der Waals surface area contributed by atoms with Crippen molar-refractivity contribution in [2.45, 2.75) is 13.3 Å². The number of benzene rings is 2. The van der Waals surface area contributed by atoms with Gasteiger partial charge in [0, 0.05) is 16.5 Å². The fourth-order valence-electron chi connectivity index (χ4n) is 2.51. The average molecular weight is 241 g/mol. The van der Waals surface area contributed by atoms with Gasteiger partial charge in [0.25, 0.3) is 11.8 Å². The highest BCUT2D eigenvalue weighted by molar-refractivity contribution is 6.26. The number of hydrogen-bond donors (Lipinski definition) is 2. The van der Waals surface area contributed by atoms with Gasteiger partial charge >= 0.3 is 0 Å². The van der Waals surface area contributed by atoms with E-state index in [9.17, 15) is 14.7 Å². The van der Waals surface area contributed by atoms with Crippen molar-refractivity contribution < 1.29 is 14.7 Å². The van der Waals surface area contributed by atoms with Crippen molar-refractivity contribution >= 4 is 22.6 Å². The van der Waals surface area contributed by atoms with Gasteiger partial charge in [0.2, 0.25) is 0 Å². The first-order chi connectivity index (χ1) is 8.63. The minimum Gasteiger partial charge on any atom is -0.508 e. The van der Waals surface area contributed by atoms with E-state index in [1.807, 2.05) is 6.92 Å². The number of rotatable bonds is 1. The lowest BCUT2D eigenvalue weighted by Gasteiger charge is -2.20. The Labute approximate surface area is 103 Å². The summed E-state index contributed by atoms with van der Waals surface area (Å²) in [5, 5.41) is 13.6. The molecule has 18 heavy (non-hydrogen) atoms. The molecule has 2 aromatic carbocycles. The van der Waals surface area contributed by atoms with Crippen molar-refractivity contribution in [3.8, 4) is 5.75 Å². The normalized spacial score (nSPS) is 13.8. The van der Waals surface area contributed by atoms with Crippen molar-refractivity contribution in [3.63, 3.8) is 0 Å². The van der Waals surface area contributed by atoms with Crippen molar-refractivity contribution in [2.24, 2.45) is 0 Å². The first-order valence-corrected chi connectivity index (χ1v) is 5.76. The molecule has 0 unspecified atom stereocenters. The van der Waals surface area contributed by atoms with Crippen LogP contribution in [0.5, 0.6) is 5.75 Å². The Morgan fingerprint density at radius 3 is 2.72 bits per heavy atom. The van der Waals surface area contributed by atoms with Crippen LogP contribution in [0.1, 0.15) is 33.2 Å². The van der Waals surface area contributed by atoms with Gasteiger partial charge in [-0.3, -0.25) is 14.9 Å². The monoisotopic (exact) mass is 241 g/mol. The van der Waals surface area contributed by atoms with Crippen molar-refractivity contribution in [1.82, 2.24) is 5.32 Å². The molecule has 1 aliphatic heterocycles. The average Bonchev–Trinajstić information content (AvgIpc) is 2.34. The maximum atomic E-state index is 12.0. The van der Waals surface area contributed by atoms with Gasteiger partial charge in [0.15, 0.2) is 0 Å². The van der Waals surface area contributed by atoms with Crippen LogP contribution in [0.15, 0.2) is 24.3 Å². The molecule has 2 aromatic rings. The quantitative estimate of drug-likeness (QED) is 0.750. The number of hydrogen-bond acceptors (Lipinski definition) is 3. The molecular weight excluding hydrogens is 230 g/mol. The predicted octanol–water partition coefficient (Wildman–Crippen LogP) is 1.99. The number of phenols is 1. The molecule has 3 rings (SSSR count). The lowest BCUT2D eigenvalue weighted by Crippen LogP contribution is -2.35. The topological polar surface area (TPSA) is 66.4 Å². The van der Waals surface area contributed by atoms with E-state index in [1.54, 1.807) is 24.3 Å². The van der Waals surface area contributed by atoms with Crippen LogP contribution >= 0.6 is 0 Å². The molecule has 0 radical (unpaired) electrons. The lowest BCUT2D eigenvalue weighted by atomic mass is 9.90. The molecule has 4 nitrogen and oxygen atoms in total. The molecule has 1 aliphatic rings. The molecular formula is C14H11NO3. The molecule has 0 atom stereocenters. The van der Waals surface area contributed by atoms with Crippen LogP contribution in [-0.4, -0.2) is 16.9 Å². The summed E-state index contributed by atoms with van der Waals surface area (Å²) < 4.78 is 0. The maximum Gasteiger partial charge on any atom is 0.259 e. The van der Waals surface area contributed by atoms with Gasteiger partial charge < -0.3 is 5.11 Å². The third-order valence-corrected chi connectivity index (χ3v) is 3.30. The summed E-state index contributed by atoms with van der Waals surface area (Å²) in [4.78, 5) is 23.7. The Hall–Kier alpha value is -2.36. The zero-order valence-corrected chi connectivity index (χ0v) is 9.78. The van der Waals surface area contributed by atoms with Crippen molar-refractivity contribution in [2.75, 3.05) is 0 Å². The predicted molar refractivity (Wildman–Crippen MR) is 66.8 cm³/mol. The summed E-state index contributed by atoms with van der Waals surface area (Å²) >= 11 is 0. The summed E-state index contributed by atoms with van der Waals surface area (Å²) in [6, 6.07) is 6.81. The SMILES string of the molecule is CCc1c(O)cc2cccc3c2c1C(=O)NC3=O. The van der Waals surface area contributed by atoms with E-state index in [2.05, 4.69) is 5.32 Å². The third-order valence-electron chi connectivity index (χ3n) is 3.30. The number of amides is 2. The van der Waals surface area contributed by atoms with Gasteiger partial charge in [0.1, 0.15) is 5.75 Å². The van der Waals surface area contributed by atoms with Gasteiger partial charge in [0.05, 0.1) is 5.56 Å². The Morgan fingerprint density at radius 2 is 2.00 bits per heavy atom. The number of nitrogens with one attached hydrogen (secondary N) is 1. The summed E-state index contributed by atoms with van der Waals surface area (Å²) in [5.41, 5.74) is 1.49. The fourth-order valence-corrected chi connectivity index (χ4v) is 2.51. The molecule has 0 fully saturated rings. The van der Waals surface area contributed by atoms with Crippen LogP contribution in [0.3, 0.4) is 0 Å². The van der Waals surface area contributed by atoms with Gasteiger partial charge in [-0.25, -0.2) is 0 Å². The van der Waals surface area contributed by atoms with E-state index >= 15 is 0 Å². The van der Waals surface area contributed by atoms with Crippen LogP contribution in [0.4, 0.5) is 0 Å². The van der Waals surface area contributed by atoms with E-state index < -0.39 is 5.91 Å². The highest BCUT2D eigenvalue weighted by atomic mass is 16.3. The van der Waals surface area contributed by atoms with Gasteiger partial charge in [-0.2, -0.15) is 0 Å². The molecule has 4 heteroatoms. The molecule has 1 heterocycles. The Kier molecular flexibility index (Phi) is 2.13.